The fraction of sp³-hybridized carbons (Fsp3) is 0.0909. The summed E-state index contributed by atoms with van der Waals surface area (Å²) in [6, 6.07) is 24.1. The highest BCUT2D eigenvalue weighted by molar-refractivity contribution is 6.04. The fourth-order valence-electron chi connectivity index (χ4n) is 2.48. The molecule has 4 nitrogen and oxygen atoms in total. The van der Waals surface area contributed by atoms with Gasteiger partial charge in [-0.25, -0.2) is 0 Å². The molecular weight excluding hydrogens is 324 g/mol. The molecule has 0 bridgehead atoms. The minimum atomic E-state index is -0.197. The number of benzene rings is 3. The number of aryl methyl sites for hydroxylation is 1. The summed E-state index contributed by atoms with van der Waals surface area (Å²) in [5, 5.41) is 12.0. The minimum Gasteiger partial charge on any atom is -0.489 e. The number of nitrogens with one attached hydrogen (secondary N) is 1. The van der Waals surface area contributed by atoms with Gasteiger partial charge in [-0.1, -0.05) is 42.0 Å². The molecule has 0 saturated carbocycles. The molecule has 3 aromatic carbocycles. The molecular formula is C22H18N2O2. The van der Waals surface area contributed by atoms with E-state index in [1.165, 1.54) is 0 Å². The Bertz CT molecular complexity index is 956. The number of nitrogens with zero attached hydrogens (tertiary/aromatic N) is 1. The normalized spacial score (nSPS) is 10.0. The number of amides is 1. The molecule has 3 aromatic rings. The maximum Gasteiger partial charge on any atom is 0.255 e. The summed E-state index contributed by atoms with van der Waals surface area (Å²) in [4.78, 5) is 12.4. The van der Waals surface area contributed by atoms with Crippen LogP contribution in [0.3, 0.4) is 0 Å². The minimum absolute atomic E-state index is 0.197. The van der Waals surface area contributed by atoms with Crippen molar-refractivity contribution in [1.29, 1.82) is 5.26 Å². The van der Waals surface area contributed by atoms with Gasteiger partial charge < -0.3 is 10.1 Å². The van der Waals surface area contributed by atoms with Crippen molar-refractivity contribution in [3.8, 4) is 11.8 Å². The predicted molar refractivity (Wildman–Crippen MR) is 101 cm³/mol. The second-order valence-electron chi connectivity index (χ2n) is 5.91. The molecule has 3 rings (SSSR count). The van der Waals surface area contributed by atoms with Crippen LogP contribution in [0.1, 0.15) is 27.0 Å². The molecule has 128 valence electrons. The van der Waals surface area contributed by atoms with Gasteiger partial charge in [0.25, 0.3) is 5.91 Å². The van der Waals surface area contributed by atoms with Crippen LogP contribution in [0, 0.1) is 18.3 Å². The highest BCUT2D eigenvalue weighted by Crippen LogP contribution is 2.18. The number of hydrogen-bond donors (Lipinski definition) is 1. The van der Waals surface area contributed by atoms with Crippen LogP contribution < -0.4 is 10.1 Å². The molecule has 0 aliphatic heterocycles. The predicted octanol–water partition coefficient (Wildman–Crippen LogP) is 4.70. The number of anilines is 1. The monoisotopic (exact) mass is 342 g/mol. The molecule has 4 heteroatoms. The van der Waals surface area contributed by atoms with Crippen molar-refractivity contribution in [3.05, 3.63) is 95.1 Å². The van der Waals surface area contributed by atoms with Crippen LogP contribution in [0.25, 0.3) is 0 Å². The smallest absolute Gasteiger partial charge is 0.255 e. The van der Waals surface area contributed by atoms with Crippen LogP contribution in [0.15, 0.2) is 72.8 Å². The van der Waals surface area contributed by atoms with Gasteiger partial charge in [0.1, 0.15) is 12.4 Å². The molecule has 0 atom stereocenters. The van der Waals surface area contributed by atoms with Crippen molar-refractivity contribution in [3.63, 3.8) is 0 Å². The van der Waals surface area contributed by atoms with Gasteiger partial charge in [-0.05, 0) is 43.3 Å². The lowest BCUT2D eigenvalue weighted by atomic mass is 10.1. The molecule has 0 spiro atoms. The summed E-state index contributed by atoms with van der Waals surface area (Å²) < 4.78 is 5.76. The lowest BCUT2D eigenvalue weighted by Crippen LogP contribution is -2.12. The molecule has 0 saturated heterocycles. The van der Waals surface area contributed by atoms with Gasteiger partial charge >= 0.3 is 0 Å². The number of carbonyl (C=O) groups excluding carboxylic acids is 1. The average molecular weight is 342 g/mol. The van der Waals surface area contributed by atoms with E-state index in [-0.39, 0.29) is 12.5 Å². The van der Waals surface area contributed by atoms with E-state index in [0.29, 0.717) is 16.9 Å². The van der Waals surface area contributed by atoms with E-state index in [9.17, 15) is 4.79 Å². The fourth-order valence-corrected chi connectivity index (χ4v) is 2.48. The first-order chi connectivity index (χ1) is 12.7. The third-order valence-electron chi connectivity index (χ3n) is 3.94. The third kappa shape index (κ3) is 4.28. The van der Waals surface area contributed by atoms with E-state index in [0.717, 1.165) is 16.8 Å². The number of ether oxygens (including phenoxy) is 1. The first-order valence-corrected chi connectivity index (χ1v) is 8.24. The van der Waals surface area contributed by atoms with Gasteiger partial charge in [-0.15, -0.1) is 0 Å². The lowest BCUT2D eigenvalue weighted by molar-refractivity contribution is 0.102. The molecule has 0 heterocycles. The number of hydrogen-bond acceptors (Lipinski definition) is 3. The van der Waals surface area contributed by atoms with Crippen LogP contribution in [0.4, 0.5) is 5.69 Å². The molecule has 0 radical (unpaired) electrons. The quantitative estimate of drug-likeness (QED) is 0.731. The van der Waals surface area contributed by atoms with Gasteiger partial charge in [-0.2, -0.15) is 5.26 Å². The molecule has 1 amide bonds. The first-order valence-electron chi connectivity index (χ1n) is 8.24. The summed E-state index contributed by atoms with van der Waals surface area (Å²) in [7, 11) is 0. The summed E-state index contributed by atoms with van der Waals surface area (Å²) in [6.07, 6.45) is 0. The molecule has 26 heavy (non-hydrogen) atoms. The van der Waals surface area contributed by atoms with E-state index in [2.05, 4.69) is 11.4 Å². The standard InChI is InChI=1S/C22H18N2O2/c1-16-9-11-20(12-10-16)24-22(25)17-7-4-8-21(13-17)26-15-19-6-3-2-5-18(19)14-23/h2-13H,15H2,1H3,(H,24,25). The Balaban J connectivity index is 1.68. The lowest BCUT2D eigenvalue weighted by Gasteiger charge is -2.10. The van der Waals surface area contributed by atoms with E-state index in [4.69, 9.17) is 10.00 Å². The zero-order chi connectivity index (χ0) is 18.4. The van der Waals surface area contributed by atoms with Gasteiger partial charge in [0, 0.05) is 16.8 Å². The number of nitriles is 1. The third-order valence-corrected chi connectivity index (χ3v) is 3.94. The van der Waals surface area contributed by atoms with Gasteiger partial charge in [-0.3, -0.25) is 4.79 Å². The topological polar surface area (TPSA) is 62.1 Å². The Hall–Kier alpha value is -3.58. The average Bonchev–Trinajstić information content (AvgIpc) is 2.68. The summed E-state index contributed by atoms with van der Waals surface area (Å²) >= 11 is 0. The Morgan fingerprint density at radius 2 is 1.81 bits per heavy atom. The maximum atomic E-state index is 12.4. The highest BCUT2D eigenvalue weighted by atomic mass is 16.5. The molecule has 0 unspecified atom stereocenters. The summed E-state index contributed by atoms with van der Waals surface area (Å²) in [6.45, 7) is 2.27. The van der Waals surface area contributed by atoms with E-state index >= 15 is 0 Å². The van der Waals surface area contributed by atoms with Crippen molar-refractivity contribution in [1.82, 2.24) is 0 Å². The number of rotatable bonds is 5. The van der Waals surface area contributed by atoms with Gasteiger partial charge in [0.15, 0.2) is 0 Å². The Morgan fingerprint density at radius 3 is 2.58 bits per heavy atom. The molecule has 0 fully saturated rings. The zero-order valence-corrected chi connectivity index (χ0v) is 14.4. The van der Waals surface area contributed by atoms with Crippen molar-refractivity contribution < 1.29 is 9.53 Å². The van der Waals surface area contributed by atoms with E-state index < -0.39 is 0 Å². The van der Waals surface area contributed by atoms with Crippen LogP contribution in [0.5, 0.6) is 5.75 Å². The summed E-state index contributed by atoms with van der Waals surface area (Å²) in [5.41, 5.74) is 3.79. The largest absolute Gasteiger partial charge is 0.489 e. The van der Waals surface area contributed by atoms with Crippen molar-refractivity contribution in [2.24, 2.45) is 0 Å². The SMILES string of the molecule is Cc1ccc(NC(=O)c2cccc(OCc3ccccc3C#N)c2)cc1. The van der Waals surface area contributed by atoms with Crippen LogP contribution in [-0.4, -0.2) is 5.91 Å². The zero-order valence-electron chi connectivity index (χ0n) is 14.4. The first kappa shape index (κ1) is 17.2. The highest BCUT2D eigenvalue weighted by Gasteiger charge is 2.08. The van der Waals surface area contributed by atoms with Crippen LogP contribution in [0.2, 0.25) is 0 Å². The van der Waals surface area contributed by atoms with Gasteiger partial charge in [0.2, 0.25) is 0 Å². The van der Waals surface area contributed by atoms with E-state index in [1.54, 1.807) is 30.3 Å². The van der Waals surface area contributed by atoms with E-state index in [1.807, 2.05) is 49.4 Å². The Kier molecular flexibility index (Phi) is 5.31. The Morgan fingerprint density at radius 1 is 1.04 bits per heavy atom. The van der Waals surface area contributed by atoms with Crippen LogP contribution in [-0.2, 0) is 6.61 Å². The Labute approximate surface area is 152 Å². The second-order valence-corrected chi connectivity index (χ2v) is 5.91. The maximum absolute atomic E-state index is 12.4. The van der Waals surface area contributed by atoms with Crippen LogP contribution >= 0.6 is 0 Å². The molecule has 0 aromatic heterocycles. The second kappa shape index (κ2) is 8.00. The summed E-state index contributed by atoms with van der Waals surface area (Å²) in [5.74, 6) is 0.381. The molecule has 0 aliphatic rings. The van der Waals surface area contributed by atoms with Crippen molar-refractivity contribution in [2.45, 2.75) is 13.5 Å². The van der Waals surface area contributed by atoms with Crippen molar-refractivity contribution in [2.75, 3.05) is 5.32 Å². The van der Waals surface area contributed by atoms with Gasteiger partial charge in [0.05, 0.1) is 11.6 Å². The van der Waals surface area contributed by atoms with Crippen molar-refractivity contribution >= 4 is 11.6 Å². The number of carbonyl (C=O) groups is 1. The molecule has 0 aliphatic carbocycles. The molecule has 1 N–H and O–H groups in total.